The molecule has 19 heavy (non-hydrogen) atoms. The van der Waals surface area contributed by atoms with E-state index in [1.807, 2.05) is 18.2 Å². The molecule has 6 heteroatoms. The molecule has 1 aromatic heterocycles. The largest absolute Gasteiger partial charge is 0.330 e. The quantitative estimate of drug-likeness (QED) is 0.839. The van der Waals surface area contributed by atoms with Crippen molar-refractivity contribution in [2.45, 2.75) is 23.4 Å². The summed E-state index contributed by atoms with van der Waals surface area (Å²) < 4.78 is 1.03. The fourth-order valence-electron chi connectivity index (χ4n) is 1.66. The molecular weight excluding hydrogens is 326 g/mol. The molecule has 100 valence electrons. The molecule has 1 heterocycles. The predicted molar refractivity (Wildman–Crippen MR) is 80.6 cm³/mol. The van der Waals surface area contributed by atoms with Crippen molar-refractivity contribution >= 4 is 27.7 Å². The third kappa shape index (κ3) is 3.92. The van der Waals surface area contributed by atoms with Crippen LogP contribution in [0.15, 0.2) is 43.6 Å². The number of halogens is 1. The summed E-state index contributed by atoms with van der Waals surface area (Å²) in [6.07, 6.45) is 0.838. The summed E-state index contributed by atoms with van der Waals surface area (Å²) in [5.74, 6) is 0. The summed E-state index contributed by atoms with van der Waals surface area (Å²) >= 11 is 4.96. The molecule has 0 atom stereocenters. The van der Waals surface area contributed by atoms with Gasteiger partial charge in [0.15, 0.2) is 5.16 Å². The Morgan fingerprint density at radius 3 is 2.84 bits per heavy atom. The zero-order chi connectivity index (χ0) is 13.8. The van der Waals surface area contributed by atoms with Crippen LogP contribution in [-0.2, 0) is 6.42 Å². The maximum absolute atomic E-state index is 11.4. The molecule has 0 aliphatic carbocycles. The van der Waals surface area contributed by atoms with E-state index in [4.69, 9.17) is 5.73 Å². The number of aromatic nitrogens is 2. The van der Waals surface area contributed by atoms with E-state index in [-0.39, 0.29) is 5.56 Å². The second-order valence-electron chi connectivity index (χ2n) is 4.09. The Bertz CT molecular complexity index is 642. The van der Waals surface area contributed by atoms with Crippen molar-refractivity contribution in [1.29, 1.82) is 0 Å². The number of aryl methyl sites for hydroxylation is 1. The van der Waals surface area contributed by atoms with Crippen LogP contribution in [0.5, 0.6) is 0 Å². The molecule has 0 unspecified atom stereocenters. The first-order valence-corrected chi connectivity index (χ1v) is 7.44. The minimum atomic E-state index is -0.131. The molecule has 0 bridgehead atoms. The molecule has 3 N–H and O–H groups in total. The number of hydrogen-bond donors (Lipinski definition) is 2. The van der Waals surface area contributed by atoms with Crippen LogP contribution in [0.3, 0.4) is 0 Å². The van der Waals surface area contributed by atoms with Gasteiger partial charge in [-0.2, -0.15) is 0 Å². The first kappa shape index (κ1) is 14.3. The Hall–Kier alpha value is -1.11. The van der Waals surface area contributed by atoms with Crippen LogP contribution in [0.4, 0.5) is 0 Å². The SMILES string of the molecule is Cc1cc(=O)[nH]c(Sc2ccc(CCN)c(Br)c2)n1. The van der Waals surface area contributed by atoms with E-state index in [0.29, 0.717) is 17.4 Å². The first-order valence-electron chi connectivity index (χ1n) is 5.83. The number of aromatic amines is 1. The number of nitrogens with one attached hydrogen (secondary N) is 1. The zero-order valence-corrected chi connectivity index (χ0v) is 12.8. The minimum Gasteiger partial charge on any atom is -0.330 e. The van der Waals surface area contributed by atoms with Crippen LogP contribution in [0, 0.1) is 6.92 Å². The van der Waals surface area contributed by atoms with Gasteiger partial charge in [-0.3, -0.25) is 4.79 Å². The maximum atomic E-state index is 11.4. The van der Waals surface area contributed by atoms with E-state index in [2.05, 4.69) is 25.9 Å². The van der Waals surface area contributed by atoms with E-state index in [9.17, 15) is 4.79 Å². The number of benzene rings is 1. The standard InChI is InChI=1S/C13H14BrN3OS/c1-8-6-12(18)17-13(16-8)19-10-3-2-9(4-5-15)11(14)7-10/h2-3,6-7H,4-5,15H2,1H3,(H,16,17,18). The molecule has 0 saturated carbocycles. The number of nitrogens with zero attached hydrogens (tertiary/aromatic N) is 1. The van der Waals surface area contributed by atoms with Crippen molar-refractivity contribution in [1.82, 2.24) is 9.97 Å². The minimum absolute atomic E-state index is 0.131. The lowest BCUT2D eigenvalue weighted by atomic mass is 10.1. The first-order chi connectivity index (χ1) is 9.08. The van der Waals surface area contributed by atoms with Gasteiger partial charge in [0.1, 0.15) is 0 Å². The average Bonchev–Trinajstić information content (AvgIpc) is 2.31. The Kier molecular flexibility index (Phi) is 4.79. The van der Waals surface area contributed by atoms with Gasteiger partial charge in [0.25, 0.3) is 5.56 Å². The van der Waals surface area contributed by atoms with E-state index in [1.165, 1.54) is 23.4 Å². The van der Waals surface area contributed by atoms with Gasteiger partial charge in [-0.1, -0.05) is 33.8 Å². The monoisotopic (exact) mass is 339 g/mol. The van der Waals surface area contributed by atoms with E-state index in [1.54, 1.807) is 6.92 Å². The third-order valence-corrected chi connectivity index (χ3v) is 4.12. The highest BCUT2D eigenvalue weighted by Gasteiger charge is 2.05. The highest BCUT2D eigenvalue weighted by molar-refractivity contribution is 9.10. The number of hydrogen-bond acceptors (Lipinski definition) is 4. The Labute approximate surface area is 124 Å². The molecule has 1 aromatic carbocycles. The van der Waals surface area contributed by atoms with Gasteiger partial charge in [-0.05, 0) is 37.6 Å². The van der Waals surface area contributed by atoms with Gasteiger partial charge in [0.05, 0.1) is 0 Å². The Morgan fingerprint density at radius 2 is 2.21 bits per heavy atom. The summed E-state index contributed by atoms with van der Waals surface area (Å²) in [5.41, 5.74) is 7.31. The highest BCUT2D eigenvalue weighted by atomic mass is 79.9. The molecular formula is C13H14BrN3OS. The van der Waals surface area contributed by atoms with E-state index < -0.39 is 0 Å². The molecule has 0 aliphatic rings. The zero-order valence-electron chi connectivity index (χ0n) is 10.4. The number of H-pyrrole nitrogens is 1. The van der Waals surface area contributed by atoms with Crippen molar-refractivity contribution in [2.24, 2.45) is 5.73 Å². The normalized spacial score (nSPS) is 10.7. The van der Waals surface area contributed by atoms with Crippen molar-refractivity contribution < 1.29 is 0 Å². The van der Waals surface area contributed by atoms with Gasteiger partial charge < -0.3 is 10.7 Å². The molecule has 4 nitrogen and oxygen atoms in total. The predicted octanol–water partition coefficient (Wildman–Crippen LogP) is 2.49. The maximum Gasteiger partial charge on any atom is 0.251 e. The van der Waals surface area contributed by atoms with Crippen LogP contribution >= 0.6 is 27.7 Å². The van der Waals surface area contributed by atoms with Crippen LogP contribution < -0.4 is 11.3 Å². The van der Waals surface area contributed by atoms with E-state index >= 15 is 0 Å². The van der Waals surface area contributed by atoms with E-state index in [0.717, 1.165) is 15.8 Å². The fraction of sp³-hybridized carbons (Fsp3) is 0.231. The van der Waals surface area contributed by atoms with Crippen molar-refractivity contribution in [2.75, 3.05) is 6.54 Å². The second kappa shape index (κ2) is 6.36. The van der Waals surface area contributed by atoms with Crippen LogP contribution in [0.25, 0.3) is 0 Å². The second-order valence-corrected chi connectivity index (χ2v) is 6.00. The van der Waals surface area contributed by atoms with Gasteiger partial charge in [-0.15, -0.1) is 0 Å². The lowest BCUT2D eigenvalue weighted by Crippen LogP contribution is -2.07. The molecule has 0 radical (unpaired) electrons. The Morgan fingerprint density at radius 1 is 1.42 bits per heavy atom. The lowest BCUT2D eigenvalue weighted by molar-refractivity contribution is 0.905. The van der Waals surface area contributed by atoms with Crippen LogP contribution in [0.1, 0.15) is 11.3 Å². The summed E-state index contributed by atoms with van der Waals surface area (Å²) in [6.45, 7) is 2.43. The van der Waals surface area contributed by atoms with Crippen molar-refractivity contribution in [3.05, 3.63) is 50.3 Å². The van der Waals surface area contributed by atoms with Gasteiger partial charge in [0, 0.05) is 21.1 Å². The topological polar surface area (TPSA) is 71.8 Å². The average molecular weight is 340 g/mol. The third-order valence-electron chi connectivity index (χ3n) is 2.50. The molecule has 0 amide bonds. The molecule has 0 saturated heterocycles. The van der Waals surface area contributed by atoms with Gasteiger partial charge in [0.2, 0.25) is 0 Å². The molecule has 0 fully saturated rings. The summed E-state index contributed by atoms with van der Waals surface area (Å²) in [4.78, 5) is 19.4. The number of rotatable bonds is 4. The summed E-state index contributed by atoms with van der Waals surface area (Å²) in [5, 5.41) is 0.600. The van der Waals surface area contributed by atoms with Gasteiger partial charge in [-0.25, -0.2) is 4.98 Å². The number of nitrogens with two attached hydrogens (primary N) is 1. The molecule has 0 spiro atoms. The summed E-state index contributed by atoms with van der Waals surface area (Å²) in [6, 6.07) is 7.53. The fourth-order valence-corrected chi connectivity index (χ4v) is 3.27. The molecule has 0 aliphatic heterocycles. The van der Waals surface area contributed by atoms with Gasteiger partial charge >= 0.3 is 0 Å². The highest BCUT2D eigenvalue weighted by Crippen LogP contribution is 2.28. The van der Waals surface area contributed by atoms with Crippen LogP contribution in [0.2, 0.25) is 0 Å². The van der Waals surface area contributed by atoms with Crippen molar-refractivity contribution in [3.63, 3.8) is 0 Å². The smallest absolute Gasteiger partial charge is 0.251 e. The molecule has 2 aromatic rings. The molecule has 2 rings (SSSR count). The Balaban J connectivity index is 2.23. The van der Waals surface area contributed by atoms with Crippen LogP contribution in [-0.4, -0.2) is 16.5 Å². The lowest BCUT2D eigenvalue weighted by Gasteiger charge is -2.06. The summed E-state index contributed by atoms with van der Waals surface area (Å²) in [7, 11) is 0. The van der Waals surface area contributed by atoms with Crippen molar-refractivity contribution in [3.8, 4) is 0 Å².